The Bertz CT molecular complexity index is 226. The smallest absolute Gasteiger partial charge is 0.00203 e. The fourth-order valence-corrected chi connectivity index (χ4v) is 4.11. The number of nitrogens with two attached hydrogens (primary N) is 1. The van der Waals surface area contributed by atoms with Gasteiger partial charge in [-0.2, -0.15) is 0 Å². The summed E-state index contributed by atoms with van der Waals surface area (Å²) in [5, 5.41) is 0. The molecule has 0 saturated heterocycles. The van der Waals surface area contributed by atoms with E-state index in [1.165, 1.54) is 77.0 Å². The quantitative estimate of drug-likeness (QED) is 0.549. The molecule has 0 spiro atoms. The predicted molar refractivity (Wildman–Crippen MR) is 79.5 cm³/mol. The van der Waals surface area contributed by atoms with Crippen LogP contribution in [-0.2, 0) is 0 Å². The molecule has 2 saturated carbocycles. The van der Waals surface area contributed by atoms with Crippen molar-refractivity contribution in [3.63, 3.8) is 0 Å². The lowest BCUT2D eigenvalue weighted by atomic mass is 9.78. The molecule has 2 atom stereocenters. The summed E-state index contributed by atoms with van der Waals surface area (Å²) in [5.41, 5.74) is 6.63. The summed E-state index contributed by atoms with van der Waals surface area (Å²) in [6.45, 7) is 3.24. The molecule has 18 heavy (non-hydrogen) atoms. The molecule has 0 aromatic carbocycles. The fourth-order valence-electron chi connectivity index (χ4n) is 4.11. The van der Waals surface area contributed by atoms with Gasteiger partial charge in [0.2, 0.25) is 0 Å². The van der Waals surface area contributed by atoms with Gasteiger partial charge >= 0.3 is 0 Å². The maximum Gasteiger partial charge on any atom is -0.00203 e. The molecule has 0 aromatic rings. The fraction of sp³-hybridized carbons (Fsp3) is 1.00. The molecule has 0 amide bonds. The average Bonchev–Trinajstić information content (AvgIpc) is 3.01. The van der Waals surface area contributed by atoms with Gasteiger partial charge in [-0.1, -0.05) is 58.3 Å². The van der Waals surface area contributed by atoms with Gasteiger partial charge in [-0.3, -0.25) is 0 Å². The lowest BCUT2D eigenvalue weighted by molar-refractivity contribution is 0.242. The summed E-state index contributed by atoms with van der Waals surface area (Å²) in [4.78, 5) is 0. The van der Waals surface area contributed by atoms with Gasteiger partial charge in [0.05, 0.1) is 0 Å². The van der Waals surface area contributed by atoms with E-state index in [0.717, 1.165) is 18.4 Å². The van der Waals surface area contributed by atoms with E-state index in [2.05, 4.69) is 6.92 Å². The van der Waals surface area contributed by atoms with Crippen molar-refractivity contribution in [3.05, 3.63) is 0 Å². The van der Waals surface area contributed by atoms with E-state index in [0.29, 0.717) is 5.41 Å². The van der Waals surface area contributed by atoms with Crippen molar-refractivity contribution < 1.29 is 0 Å². The van der Waals surface area contributed by atoms with Crippen LogP contribution in [0.1, 0.15) is 84.0 Å². The second-order valence-electron chi connectivity index (χ2n) is 7.09. The Labute approximate surface area is 114 Å². The summed E-state index contributed by atoms with van der Waals surface area (Å²) in [6.07, 6.45) is 17.4. The van der Waals surface area contributed by atoms with Gasteiger partial charge in [-0.15, -0.1) is 0 Å². The van der Waals surface area contributed by atoms with Gasteiger partial charge in [-0.05, 0) is 49.5 Å². The molecule has 2 aliphatic rings. The molecule has 0 aromatic heterocycles. The van der Waals surface area contributed by atoms with Crippen LogP contribution in [0.2, 0.25) is 0 Å². The largest absolute Gasteiger partial charge is 0.330 e. The van der Waals surface area contributed by atoms with Crippen molar-refractivity contribution >= 4 is 0 Å². The van der Waals surface area contributed by atoms with Gasteiger partial charge < -0.3 is 5.73 Å². The standard InChI is InChI=1S/C17H33N/c1-2-3-4-5-6-7-8-9-10-17(14-18)12-15-11-16(15)13-17/h15-16H,2-14,18H2,1H3. The van der Waals surface area contributed by atoms with Crippen LogP contribution < -0.4 is 5.73 Å². The molecule has 0 radical (unpaired) electrons. The first-order chi connectivity index (χ1) is 8.79. The first-order valence-electron chi connectivity index (χ1n) is 8.50. The Morgan fingerprint density at radius 3 is 2.00 bits per heavy atom. The van der Waals surface area contributed by atoms with Gasteiger partial charge in [-0.25, -0.2) is 0 Å². The number of hydrogen-bond acceptors (Lipinski definition) is 1. The Morgan fingerprint density at radius 1 is 0.889 bits per heavy atom. The van der Waals surface area contributed by atoms with Gasteiger partial charge in [0, 0.05) is 0 Å². The predicted octanol–water partition coefficient (Wildman–Crippen LogP) is 4.89. The highest BCUT2D eigenvalue weighted by atomic mass is 14.7. The summed E-state index contributed by atoms with van der Waals surface area (Å²) in [7, 11) is 0. The van der Waals surface area contributed by atoms with Gasteiger partial charge in [0.15, 0.2) is 0 Å². The van der Waals surface area contributed by atoms with Gasteiger partial charge in [0.1, 0.15) is 0 Å². The zero-order valence-corrected chi connectivity index (χ0v) is 12.4. The molecule has 106 valence electrons. The molecule has 2 rings (SSSR count). The van der Waals surface area contributed by atoms with Crippen molar-refractivity contribution in [1.29, 1.82) is 0 Å². The lowest BCUT2D eigenvalue weighted by Crippen LogP contribution is -2.28. The maximum absolute atomic E-state index is 6.05. The molecule has 2 aliphatic carbocycles. The molecule has 2 N–H and O–H groups in total. The minimum Gasteiger partial charge on any atom is -0.330 e. The Balaban J connectivity index is 1.47. The van der Waals surface area contributed by atoms with E-state index in [1.54, 1.807) is 0 Å². The highest BCUT2D eigenvalue weighted by Gasteiger charge is 2.52. The second-order valence-corrected chi connectivity index (χ2v) is 7.09. The van der Waals surface area contributed by atoms with Crippen molar-refractivity contribution in [2.75, 3.05) is 6.54 Å². The summed E-state index contributed by atoms with van der Waals surface area (Å²) < 4.78 is 0. The molecular weight excluding hydrogens is 218 g/mol. The van der Waals surface area contributed by atoms with E-state index in [1.807, 2.05) is 0 Å². The van der Waals surface area contributed by atoms with Crippen molar-refractivity contribution in [2.24, 2.45) is 23.0 Å². The topological polar surface area (TPSA) is 26.0 Å². The highest BCUT2D eigenvalue weighted by molar-refractivity contribution is 5.03. The van der Waals surface area contributed by atoms with E-state index >= 15 is 0 Å². The zero-order chi connectivity index (χ0) is 12.8. The molecular formula is C17H33N. The molecule has 2 unspecified atom stereocenters. The van der Waals surface area contributed by atoms with Crippen molar-refractivity contribution in [3.8, 4) is 0 Å². The number of unbranched alkanes of at least 4 members (excludes halogenated alkanes) is 7. The molecule has 1 nitrogen and oxygen atoms in total. The molecule has 0 bridgehead atoms. The third-order valence-corrected chi connectivity index (χ3v) is 5.45. The van der Waals surface area contributed by atoms with Gasteiger partial charge in [0.25, 0.3) is 0 Å². The Morgan fingerprint density at radius 2 is 1.44 bits per heavy atom. The first-order valence-corrected chi connectivity index (χ1v) is 8.50. The molecule has 2 fully saturated rings. The number of hydrogen-bond donors (Lipinski definition) is 1. The summed E-state index contributed by atoms with van der Waals surface area (Å²) >= 11 is 0. The maximum atomic E-state index is 6.05. The zero-order valence-electron chi connectivity index (χ0n) is 12.4. The SMILES string of the molecule is CCCCCCCCCCC1(CN)CC2CC2C1. The van der Waals surface area contributed by atoms with Crippen LogP contribution >= 0.6 is 0 Å². The highest BCUT2D eigenvalue weighted by Crippen LogP contribution is 2.61. The summed E-state index contributed by atoms with van der Waals surface area (Å²) in [5.74, 6) is 2.17. The lowest BCUT2D eigenvalue weighted by Gasteiger charge is -2.29. The molecule has 0 aliphatic heterocycles. The number of rotatable bonds is 10. The van der Waals surface area contributed by atoms with Crippen LogP contribution in [0.5, 0.6) is 0 Å². The van der Waals surface area contributed by atoms with E-state index in [9.17, 15) is 0 Å². The average molecular weight is 251 g/mol. The van der Waals surface area contributed by atoms with Crippen LogP contribution in [-0.4, -0.2) is 6.54 Å². The number of fused-ring (bicyclic) bond motifs is 1. The minimum atomic E-state index is 0.579. The second kappa shape index (κ2) is 6.93. The van der Waals surface area contributed by atoms with Crippen LogP contribution in [0.25, 0.3) is 0 Å². The molecule has 0 heterocycles. The molecule has 1 heteroatoms. The van der Waals surface area contributed by atoms with Crippen LogP contribution in [0.3, 0.4) is 0 Å². The van der Waals surface area contributed by atoms with Crippen LogP contribution in [0.15, 0.2) is 0 Å². The van der Waals surface area contributed by atoms with Crippen molar-refractivity contribution in [2.45, 2.75) is 84.0 Å². The normalized spacial score (nSPS) is 33.7. The van der Waals surface area contributed by atoms with Crippen LogP contribution in [0, 0.1) is 17.3 Å². The third-order valence-electron chi connectivity index (χ3n) is 5.45. The summed E-state index contributed by atoms with van der Waals surface area (Å²) in [6, 6.07) is 0. The monoisotopic (exact) mass is 251 g/mol. The Hall–Kier alpha value is -0.0400. The Kier molecular flexibility index (Phi) is 5.54. The van der Waals surface area contributed by atoms with Crippen molar-refractivity contribution in [1.82, 2.24) is 0 Å². The van der Waals surface area contributed by atoms with E-state index < -0.39 is 0 Å². The minimum absolute atomic E-state index is 0.579. The van der Waals surface area contributed by atoms with E-state index in [4.69, 9.17) is 5.73 Å². The van der Waals surface area contributed by atoms with E-state index in [-0.39, 0.29) is 0 Å². The van der Waals surface area contributed by atoms with Crippen LogP contribution in [0.4, 0.5) is 0 Å². The third kappa shape index (κ3) is 3.98. The first kappa shape index (κ1) is 14.4.